The Bertz CT molecular complexity index is 1430. The van der Waals surface area contributed by atoms with Crippen molar-refractivity contribution in [2.45, 2.75) is 12.5 Å². The van der Waals surface area contributed by atoms with Gasteiger partial charge in [0.05, 0.1) is 11.1 Å². The lowest BCUT2D eigenvalue weighted by molar-refractivity contribution is -0.119. The first-order valence-electron chi connectivity index (χ1n) is 10.4. The summed E-state index contributed by atoms with van der Waals surface area (Å²) in [6, 6.07) is 26.4. The van der Waals surface area contributed by atoms with Crippen LogP contribution in [0.15, 0.2) is 91.1 Å². The average Bonchev–Trinajstić information content (AvgIpc) is 2.82. The fraction of sp³-hybridized carbons (Fsp3) is 0.0741. The molecule has 0 fully saturated rings. The Morgan fingerprint density at radius 3 is 2.06 bits per heavy atom. The summed E-state index contributed by atoms with van der Waals surface area (Å²) < 4.78 is 0. The number of primary amides is 1. The number of nitrogens with two attached hydrogens (primary N) is 1. The third-order valence-electron chi connectivity index (χ3n) is 5.83. The topological polar surface area (TPSA) is 85.1 Å². The van der Waals surface area contributed by atoms with E-state index in [1.807, 2.05) is 72.8 Å². The number of pyridine rings is 1. The number of aromatic nitrogens is 1. The second-order valence-electron chi connectivity index (χ2n) is 7.81. The summed E-state index contributed by atoms with van der Waals surface area (Å²) in [6.07, 6.45) is 1.89. The van der Waals surface area contributed by atoms with Gasteiger partial charge < -0.3 is 11.1 Å². The van der Waals surface area contributed by atoms with Crippen LogP contribution in [0.1, 0.15) is 15.9 Å². The van der Waals surface area contributed by atoms with E-state index in [4.69, 9.17) is 5.73 Å². The molecule has 5 nitrogen and oxygen atoms in total. The van der Waals surface area contributed by atoms with Crippen LogP contribution in [-0.4, -0.2) is 22.8 Å². The molecule has 1 heterocycles. The number of hydrogen-bond donors (Lipinski definition) is 2. The minimum Gasteiger partial charge on any atom is -0.368 e. The minimum atomic E-state index is -0.858. The zero-order valence-corrected chi connectivity index (χ0v) is 17.3. The number of rotatable bonds is 5. The second kappa shape index (κ2) is 8.12. The minimum absolute atomic E-state index is 0.298. The van der Waals surface area contributed by atoms with Crippen LogP contribution in [0.5, 0.6) is 0 Å². The third-order valence-corrected chi connectivity index (χ3v) is 5.83. The smallest absolute Gasteiger partial charge is 0.252 e. The number of carbonyl (C=O) groups excluding carboxylic acids is 2. The van der Waals surface area contributed by atoms with E-state index in [9.17, 15) is 9.59 Å². The molecule has 0 aliphatic rings. The van der Waals surface area contributed by atoms with Crippen molar-refractivity contribution in [2.24, 2.45) is 5.73 Å². The summed E-state index contributed by atoms with van der Waals surface area (Å²) in [5.74, 6) is -0.925. The van der Waals surface area contributed by atoms with Crippen LogP contribution in [-0.2, 0) is 11.2 Å². The van der Waals surface area contributed by atoms with E-state index in [1.54, 1.807) is 12.3 Å². The largest absolute Gasteiger partial charge is 0.368 e. The fourth-order valence-electron chi connectivity index (χ4n) is 4.28. The molecule has 1 aromatic heterocycles. The molecular weight excluding hydrogens is 398 g/mol. The van der Waals surface area contributed by atoms with Gasteiger partial charge in [-0.05, 0) is 45.3 Å². The maximum Gasteiger partial charge on any atom is 0.252 e. The van der Waals surface area contributed by atoms with Crippen molar-refractivity contribution in [3.8, 4) is 0 Å². The van der Waals surface area contributed by atoms with Gasteiger partial charge in [0.1, 0.15) is 6.04 Å². The average molecular weight is 419 g/mol. The molecule has 3 N–H and O–H groups in total. The summed E-state index contributed by atoms with van der Waals surface area (Å²) in [7, 11) is 0. The van der Waals surface area contributed by atoms with E-state index >= 15 is 0 Å². The maximum atomic E-state index is 13.1. The molecule has 0 aliphatic heterocycles. The van der Waals surface area contributed by atoms with Gasteiger partial charge >= 0.3 is 0 Å². The van der Waals surface area contributed by atoms with E-state index in [0.29, 0.717) is 12.0 Å². The summed E-state index contributed by atoms with van der Waals surface area (Å²) in [6.45, 7) is 0. The van der Waals surface area contributed by atoms with E-state index in [0.717, 1.165) is 38.0 Å². The van der Waals surface area contributed by atoms with Gasteiger partial charge in [0.25, 0.3) is 5.91 Å². The lowest BCUT2D eigenvalue weighted by atomic mass is 9.92. The molecule has 5 aromatic rings. The number of nitrogens with zero attached hydrogens (tertiary/aromatic N) is 1. The van der Waals surface area contributed by atoms with Gasteiger partial charge in [0, 0.05) is 18.0 Å². The summed E-state index contributed by atoms with van der Waals surface area (Å²) in [5.41, 5.74) is 7.91. The highest BCUT2D eigenvalue weighted by atomic mass is 16.2. The molecule has 0 unspecified atom stereocenters. The van der Waals surface area contributed by atoms with Gasteiger partial charge in [0.2, 0.25) is 5.91 Å². The molecule has 0 aliphatic carbocycles. The lowest BCUT2D eigenvalue weighted by Gasteiger charge is -2.19. The van der Waals surface area contributed by atoms with E-state index in [1.165, 1.54) is 0 Å². The van der Waals surface area contributed by atoms with E-state index < -0.39 is 11.9 Å². The van der Waals surface area contributed by atoms with Crippen LogP contribution >= 0.6 is 0 Å². The van der Waals surface area contributed by atoms with Gasteiger partial charge in [-0.25, -0.2) is 0 Å². The Hall–Kier alpha value is -4.25. The van der Waals surface area contributed by atoms with Gasteiger partial charge in [-0.15, -0.1) is 0 Å². The number of nitrogens with one attached hydrogen (secondary N) is 1. The van der Waals surface area contributed by atoms with E-state index in [2.05, 4.69) is 16.4 Å². The van der Waals surface area contributed by atoms with Crippen LogP contribution in [0.4, 0.5) is 0 Å². The molecular formula is C27H21N3O2. The monoisotopic (exact) mass is 419 g/mol. The molecule has 0 radical (unpaired) electrons. The summed E-state index contributed by atoms with van der Waals surface area (Å²) >= 11 is 0. The number of para-hydroxylation sites is 1. The van der Waals surface area contributed by atoms with E-state index in [-0.39, 0.29) is 5.91 Å². The molecule has 156 valence electrons. The van der Waals surface area contributed by atoms with Gasteiger partial charge in [0.15, 0.2) is 0 Å². The molecule has 5 rings (SSSR count). The number of carbonyl (C=O) groups is 2. The summed E-state index contributed by atoms with van der Waals surface area (Å²) in [5, 5.41) is 7.83. The molecule has 2 amide bonds. The van der Waals surface area contributed by atoms with Crippen molar-refractivity contribution >= 4 is 44.3 Å². The molecule has 5 heteroatoms. The summed E-state index contributed by atoms with van der Waals surface area (Å²) in [4.78, 5) is 29.8. The zero-order chi connectivity index (χ0) is 22.1. The standard InChI is InChI=1S/C27H21N3O2/c28-26(31)25(30-27(32)22-13-14-29-24-12-6-5-11-21(22)24)16-23-19-9-3-1-7-17(19)15-18-8-2-4-10-20(18)23/h1-15,25H,16H2,(H2,28,31)(H,30,32)/t25-/m0/s1. The van der Waals surface area contributed by atoms with Crippen molar-refractivity contribution in [3.63, 3.8) is 0 Å². The zero-order valence-electron chi connectivity index (χ0n) is 17.3. The molecule has 32 heavy (non-hydrogen) atoms. The number of benzene rings is 4. The molecule has 0 saturated heterocycles. The Morgan fingerprint density at radius 2 is 1.41 bits per heavy atom. The lowest BCUT2D eigenvalue weighted by Crippen LogP contribution is -2.46. The number of amides is 2. The Kier molecular flexibility index (Phi) is 5.00. The maximum absolute atomic E-state index is 13.1. The first-order valence-corrected chi connectivity index (χ1v) is 10.4. The Balaban J connectivity index is 1.55. The van der Waals surface area contributed by atoms with Gasteiger partial charge in [-0.2, -0.15) is 0 Å². The SMILES string of the molecule is NC(=O)[C@H](Cc1c2ccccc2cc2ccccc12)NC(=O)c1ccnc2ccccc12. The molecule has 0 spiro atoms. The van der Waals surface area contributed by atoms with Crippen LogP contribution < -0.4 is 11.1 Å². The molecule has 0 saturated carbocycles. The highest BCUT2D eigenvalue weighted by Gasteiger charge is 2.22. The number of fused-ring (bicyclic) bond motifs is 3. The molecule has 1 atom stereocenters. The first kappa shape index (κ1) is 19.7. The highest BCUT2D eigenvalue weighted by molar-refractivity contribution is 6.07. The first-order chi connectivity index (χ1) is 15.6. The van der Waals surface area contributed by atoms with Crippen molar-refractivity contribution in [1.29, 1.82) is 0 Å². The van der Waals surface area contributed by atoms with Crippen molar-refractivity contribution in [1.82, 2.24) is 10.3 Å². The third kappa shape index (κ3) is 3.54. The quantitative estimate of drug-likeness (QED) is 0.415. The van der Waals surface area contributed by atoms with Crippen molar-refractivity contribution in [3.05, 3.63) is 102 Å². The normalized spacial score (nSPS) is 12.1. The highest BCUT2D eigenvalue weighted by Crippen LogP contribution is 2.29. The molecule has 4 aromatic carbocycles. The van der Waals surface area contributed by atoms with Crippen LogP contribution in [0.2, 0.25) is 0 Å². The van der Waals surface area contributed by atoms with Crippen LogP contribution in [0, 0.1) is 0 Å². The predicted octanol–water partition coefficient (Wildman–Crippen LogP) is 4.37. The molecule has 0 bridgehead atoms. The second-order valence-corrected chi connectivity index (χ2v) is 7.81. The Morgan fingerprint density at radius 1 is 0.812 bits per heavy atom. The Labute approximate surface area is 184 Å². The van der Waals surface area contributed by atoms with Crippen LogP contribution in [0.25, 0.3) is 32.4 Å². The van der Waals surface area contributed by atoms with Gasteiger partial charge in [-0.3, -0.25) is 14.6 Å². The van der Waals surface area contributed by atoms with Crippen molar-refractivity contribution < 1.29 is 9.59 Å². The van der Waals surface area contributed by atoms with Crippen molar-refractivity contribution in [2.75, 3.05) is 0 Å². The van der Waals surface area contributed by atoms with Gasteiger partial charge in [-0.1, -0.05) is 66.7 Å². The fourth-order valence-corrected chi connectivity index (χ4v) is 4.28. The van der Waals surface area contributed by atoms with Crippen LogP contribution in [0.3, 0.4) is 0 Å². The number of hydrogen-bond acceptors (Lipinski definition) is 3. The predicted molar refractivity (Wildman–Crippen MR) is 127 cm³/mol.